The molecule has 0 aliphatic rings. The van der Waals surface area contributed by atoms with Crippen molar-refractivity contribution in [3.8, 4) is 5.75 Å². The van der Waals surface area contributed by atoms with Crippen molar-refractivity contribution in [1.82, 2.24) is 9.97 Å². The molecule has 2 rings (SSSR count). The van der Waals surface area contributed by atoms with Crippen LogP contribution in [0.4, 0.5) is 11.5 Å². The first-order valence-electron chi connectivity index (χ1n) is 8.05. The highest BCUT2D eigenvalue weighted by molar-refractivity contribution is 7.99. The molecule has 7 nitrogen and oxygen atoms in total. The highest BCUT2D eigenvalue weighted by atomic mass is 32.2. The molecule has 1 aromatic heterocycles. The van der Waals surface area contributed by atoms with E-state index in [1.807, 2.05) is 20.8 Å². The molecule has 1 amide bonds. The number of H-pyrrole nitrogens is 1. The van der Waals surface area contributed by atoms with E-state index in [1.165, 1.54) is 11.8 Å². The molecule has 0 bridgehead atoms. The van der Waals surface area contributed by atoms with Crippen LogP contribution in [0.3, 0.4) is 0 Å². The second kappa shape index (κ2) is 8.57. The third-order valence-corrected chi connectivity index (χ3v) is 4.63. The van der Waals surface area contributed by atoms with Gasteiger partial charge in [-0.25, -0.2) is 4.98 Å². The number of rotatable bonds is 7. The van der Waals surface area contributed by atoms with E-state index in [0.717, 1.165) is 6.42 Å². The second-order valence-electron chi connectivity index (χ2n) is 5.38. The standard InChI is InChI=1S/C17H22N4O3S/c1-4-10(3)25-17-20-14(18)13(16(23)21-17)19-15(22)11-6-8-12(9-7-11)24-5-2/h6-10H,4-5H2,1-3H3,(H,19,22)(H3,18,20,21,23)/t10-/m1/s1. The lowest BCUT2D eigenvalue weighted by Crippen LogP contribution is -2.23. The first-order valence-corrected chi connectivity index (χ1v) is 8.93. The number of amides is 1. The van der Waals surface area contributed by atoms with Crippen molar-refractivity contribution >= 4 is 29.2 Å². The van der Waals surface area contributed by atoms with Gasteiger partial charge in [-0.1, -0.05) is 25.6 Å². The van der Waals surface area contributed by atoms with Gasteiger partial charge in [-0.2, -0.15) is 0 Å². The Kier molecular flexibility index (Phi) is 6.46. The van der Waals surface area contributed by atoms with Gasteiger partial charge in [0.25, 0.3) is 11.5 Å². The number of nitrogens with zero attached hydrogens (tertiary/aromatic N) is 1. The van der Waals surface area contributed by atoms with Crippen LogP contribution in [0.1, 0.15) is 37.6 Å². The number of anilines is 2. The van der Waals surface area contributed by atoms with Crippen molar-refractivity contribution < 1.29 is 9.53 Å². The summed E-state index contributed by atoms with van der Waals surface area (Å²) in [6.07, 6.45) is 0.935. The topological polar surface area (TPSA) is 110 Å². The van der Waals surface area contributed by atoms with Gasteiger partial charge in [-0.05, 0) is 37.6 Å². The monoisotopic (exact) mass is 362 g/mol. The van der Waals surface area contributed by atoms with Crippen LogP contribution in [-0.4, -0.2) is 27.7 Å². The van der Waals surface area contributed by atoms with Crippen LogP contribution in [0.15, 0.2) is 34.2 Å². The van der Waals surface area contributed by atoms with Crippen LogP contribution >= 0.6 is 11.8 Å². The first kappa shape index (κ1) is 18.9. The molecule has 0 unspecified atom stereocenters. The van der Waals surface area contributed by atoms with Crippen molar-refractivity contribution in [2.45, 2.75) is 37.6 Å². The Morgan fingerprint density at radius 3 is 2.60 bits per heavy atom. The lowest BCUT2D eigenvalue weighted by molar-refractivity contribution is 0.102. The minimum absolute atomic E-state index is 0.00570. The largest absolute Gasteiger partial charge is 0.494 e. The summed E-state index contributed by atoms with van der Waals surface area (Å²) in [5.74, 6) is 0.225. The molecule has 0 spiro atoms. The first-order chi connectivity index (χ1) is 11.9. The molecule has 0 aliphatic carbocycles. The van der Waals surface area contributed by atoms with Crippen LogP contribution < -0.4 is 21.3 Å². The molecule has 2 aromatic rings. The molecule has 1 heterocycles. The highest BCUT2D eigenvalue weighted by Gasteiger charge is 2.15. The maximum atomic E-state index is 12.3. The van der Waals surface area contributed by atoms with Crippen LogP contribution in [0.5, 0.6) is 5.75 Å². The van der Waals surface area contributed by atoms with Crippen molar-refractivity contribution in [2.24, 2.45) is 0 Å². The maximum Gasteiger partial charge on any atom is 0.277 e. The Labute approximate surface area is 150 Å². The Hall–Kier alpha value is -2.48. The van der Waals surface area contributed by atoms with E-state index in [9.17, 15) is 9.59 Å². The van der Waals surface area contributed by atoms with Gasteiger partial charge < -0.3 is 15.8 Å². The third kappa shape index (κ3) is 4.99. The predicted octanol–water partition coefficient (Wildman–Crippen LogP) is 2.89. The summed E-state index contributed by atoms with van der Waals surface area (Å²) in [4.78, 5) is 31.3. The summed E-state index contributed by atoms with van der Waals surface area (Å²) in [7, 11) is 0. The Bertz CT molecular complexity index is 789. The van der Waals surface area contributed by atoms with Crippen LogP contribution in [0.2, 0.25) is 0 Å². The van der Waals surface area contributed by atoms with Gasteiger partial charge in [0.1, 0.15) is 11.4 Å². The average Bonchev–Trinajstić information content (AvgIpc) is 2.58. The molecular formula is C17H22N4O3S. The number of thioether (sulfide) groups is 1. The average molecular weight is 362 g/mol. The van der Waals surface area contributed by atoms with E-state index in [1.54, 1.807) is 24.3 Å². The zero-order chi connectivity index (χ0) is 18.4. The molecule has 0 fully saturated rings. The van der Waals surface area contributed by atoms with Crippen molar-refractivity contribution in [2.75, 3.05) is 17.7 Å². The van der Waals surface area contributed by atoms with Gasteiger partial charge in [0.15, 0.2) is 11.0 Å². The van der Waals surface area contributed by atoms with Gasteiger partial charge in [0.05, 0.1) is 6.61 Å². The highest BCUT2D eigenvalue weighted by Crippen LogP contribution is 2.23. The normalized spacial score (nSPS) is 11.8. The summed E-state index contributed by atoms with van der Waals surface area (Å²) in [6.45, 7) is 6.50. The van der Waals surface area contributed by atoms with Crippen LogP contribution in [0.25, 0.3) is 0 Å². The number of ether oxygens (including phenoxy) is 1. The Morgan fingerprint density at radius 2 is 2.04 bits per heavy atom. The van der Waals surface area contributed by atoms with Crippen LogP contribution in [-0.2, 0) is 0 Å². The quantitative estimate of drug-likeness (QED) is 0.516. The number of aromatic amines is 1. The summed E-state index contributed by atoms with van der Waals surface area (Å²) < 4.78 is 5.33. The summed E-state index contributed by atoms with van der Waals surface area (Å²) >= 11 is 1.43. The number of carbonyl (C=O) groups excluding carboxylic acids is 1. The minimum atomic E-state index is -0.474. The molecule has 0 radical (unpaired) electrons. The van der Waals surface area contributed by atoms with Gasteiger partial charge in [-0.3, -0.25) is 14.6 Å². The van der Waals surface area contributed by atoms with E-state index < -0.39 is 11.5 Å². The Balaban J connectivity index is 2.16. The lowest BCUT2D eigenvalue weighted by atomic mass is 10.2. The molecule has 0 saturated carbocycles. The fourth-order valence-electron chi connectivity index (χ4n) is 1.97. The van der Waals surface area contributed by atoms with Crippen molar-refractivity contribution in [1.29, 1.82) is 0 Å². The van der Waals surface area contributed by atoms with E-state index in [-0.39, 0.29) is 11.5 Å². The number of nitrogen functional groups attached to an aromatic ring is 1. The van der Waals surface area contributed by atoms with E-state index in [2.05, 4.69) is 15.3 Å². The molecule has 4 N–H and O–H groups in total. The summed E-state index contributed by atoms with van der Waals surface area (Å²) in [6, 6.07) is 6.61. The van der Waals surface area contributed by atoms with Crippen LogP contribution in [0, 0.1) is 0 Å². The van der Waals surface area contributed by atoms with Gasteiger partial charge in [0.2, 0.25) is 0 Å². The number of carbonyl (C=O) groups is 1. The molecule has 134 valence electrons. The number of hydrogen-bond acceptors (Lipinski definition) is 6. The Morgan fingerprint density at radius 1 is 1.36 bits per heavy atom. The third-order valence-electron chi connectivity index (χ3n) is 3.48. The smallest absolute Gasteiger partial charge is 0.277 e. The summed E-state index contributed by atoms with van der Waals surface area (Å²) in [5, 5.41) is 3.26. The molecule has 1 aromatic carbocycles. The molecule has 25 heavy (non-hydrogen) atoms. The fraction of sp³-hybridized carbons (Fsp3) is 0.353. The van der Waals surface area contributed by atoms with E-state index >= 15 is 0 Å². The van der Waals surface area contributed by atoms with Gasteiger partial charge in [-0.15, -0.1) is 0 Å². The molecule has 8 heteroatoms. The molecule has 0 saturated heterocycles. The molecular weight excluding hydrogens is 340 g/mol. The SMILES string of the molecule is CCOc1ccc(C(=O)Nc2c(N)nc(S[C@H](C)CC)[nH]c2=O)cc1. The zero-order valence-corrected chi connectivity index (χ0v) is 15.3. The number of nitrogens with two attached hydrogens (primary N) is 1. The van der Waals surface area contributed by atoms with Gasteiger partial charge in [0, 0.05) is 10.8 Å². The molecule has 1 atom stereocenters. The van der Waals surface area contributed by atoms with E-state index in [4.69, 9.17) is 10.5 Å². The van der Waals surface area contributed by atoms with E-state index in [0.29, 0.717) is 28.3 Å². The second-order valence-corrected chi connectivity index (χ2v) is 6.81. The van der Waals surface area contributed by atoms with Crippen molar-refractivity contribution in [3.05, 3.63) is 40.2 Å². The summed E-state index contributed by atoms with van der Waals surface area (Å²) in [5.41, 5.74) is 5.72. The minimum Gasteiger partial charge on any atom is -0.494 e. The molecule has 0 aliphatic heterocycles. The number of aromatic nitrogens is 2. The zero-order valence-electron chi connectivity index (χ0n) is 14.5. The number of nitrogens with one attached hydrogen (secondary N) is 2. The fourth-order valence-corrected chi connectivity index (χ4v) is 2.83. The maximum absolute atomic E-state index is 12.3. The lowest BCUT2D eigenvalue weighted by Gasteiger charge is -2.11. The predicted molar refractivity (Wildman–Crippen MR) is 100 cm³/mol. The number of benzene rings is 1. The van der Waals surface area contributed by atoms with Gasteiger partial charge >= 0.3 is 0 Å². The van der Waals surface area contributed by atoms with Crippen molar-refractivity contribution in [3.63, 3.8) is 0 Å². The number of hydrogen-bond donors (Lipinski definition) is 3.